The summed E-state index contributed by atoms with van der Waals surface area (Å²) in [7, 11) is 0. The van der Waals surface area contributed by atoms with Gasteiger partial charge in [-0.1, -0.05) is 12.1 Å². The summed E-state index contributed by atoms with van der Waals surface area (Å²) in [6.45, 7) is 2.25. The van der Waals surface area contributed by atoms with Crippen molar-refractivity contribution >= 4 is 17.5 Å². The number of fused-ring (bicyclic) bond motifs is 1. The first-order valence-corrected chi connectivity index (χ1v) is 7.46. The van der Waals surface area contributed by atoms with Gasteiger partial charge in [-0.25, -0.2) is 14.3 Å². The van der Waals surface area contributed by atoms with E-state index in [0.29, 0.717) is 23.4 Å². The second kappa shape index (κ2) is 6.42. The fourth-order valence-corrected chi connectivity index (χ4v) is 2.33. The van der Waals surface area contributed by atoms with Crippen LogP contribution in [0, 0.1) is 0 Å². The number of urea groups is 1. The van der Waals surface area contributed by atoms with Gasteiger partial charge in [-0.05, 0) is 25.1 Å². The van der Waals surface area contributed by atoms with E-state index in [1.54, 1.807) is 19.1 Å². The summed E-state index contributed by atoms with van der Waals surface area (Å²) in [5.74, 6) is 0.290. The maximum Gasteiger partial charge on any atom is 0.416 e. The number of hydrogen-bond acceptors (Lipinski definition) is 3. The van der Waals surface area contributed by atoms with E-state index in [0.717, 1.165) is 12.1 Å². The monoisotopic (exact) mass is 349 g/mol. The number of aromatic nitrogens is 3. The number of anilines is 1. The third-order valence-corrected chi connectivity index (χ3v) is 3.44. The molecule has 0 saturated carbocycles. The van der Waals surface area contributed by atoms with Gasteiger partial charge in [-0.15, -0.1) is 5.10 Å². The number of halogens is 3. The van der Waals surface area contributed by atoms with Crippen LogP contribution < -0.4 is 10.6 Å². The highest BCUT2D eigenvalue weighted by atomic mass is 19.4. The number of hydrogen-bond donors (Lipinski definition) is 2. The zero-order chi connectivity index (χ0) is 18.0. The molecule has 2 heterocycles. The molecule has 130 valence electrons. The van der Waals surface area contributed by atoms with Crippen LogP contribution in [0.1, 0.15) is 12.5 Å². The lowest BCUT2D eigenvalue weighted by Crippen LogP contribution is -2.28. The van der Waals surface area contributed by atoms with Gasteiger partial charge in [0, 0.05) is 24.4 Å². The maximum atomic E-state index is 12.7. The molecule has 0 atom stereocenters. The standard InChI is InChI=1S/C16H14F3N5O/c1-2-20-15(25)22-13-9-14-21-8-7-12(24(14)23-13)10-3-5-11(6-4-10)16(17,18)19/h3-9H,2H2,1H3,(H2,20,22,23,25). The molecule has 25 heavy (non-hydrogen) atoms. The largest absolute Gasteiger partial charge is 0.416 e. The predicted octanol–water partition coefficient (Wildman–Crippen LogP) is 3.56. The summed E-state index contributed by atoms with van der Waals surface area (Å²) in [4.78, 5) is 15.7. The second-order valence-corrected chi connectivity index (χ2v) is 5.19. The van der Waals surface area contributed by atoms with Crippen LogP contribution in [0.5, 0.6) is 0 Å². The third kappa shape index (κ3) is 3.54. The lowest BCUT2D eigenvalue weighted by Gasteiger charge is -2.08. The molecule has 0 unspecified atom stereocenters. The fraction of sp³-hybridized carbons (Fsp3) is 0.188. The van der Waals surface area contributed by atoms with E-state index < -0.39 is 17.8 Å². The molecule has 2 aromatic heterocycles. The summed E-state index contributed by atoms with van der Waals surface area (Å²) >= 11 is 0. The van der Waals surface area contributed by atoms with E-state index in [2.05, 4.69) is 20.7 Å². The van der Waals surface area contributed by atoms with Gasteiger partial charge in [0.2, 0.25) is 0 Å². The highest BCUT2D eigenvalue weighted by Crippen LogP contribution is 2.31. The Morgan fingerprint density at radius 3 is 2.56 bits per heavy atom. The summed E-state index contributed by atoms with van der Waals surface area (Å²) in [6.07, 6.45) is -2.86. The van der Waals surface area contributed by atoms with Crippen LogP contribution in [-0.4, -0.2) is 27.2 Å². The Bertz CT molecular complexity index is 902. The zero-order valence-electron chi connectivity index (χ0n) is 13.1. The van der Waals surface area contributed by atoms with E-state index in [-0.39, 0.29) is 5.82 Å². The molecule has 0 saturated heterocycles. The number of nitrogens with one attached hydrogen (secondary N) is 2. The van der Waals surface area contributed by atoms with Crippen LogP contribution in [0.2, 0.25) is 0 Å². The van der Waals surface area contributed by atoms with Gasteiger partial charge < -0.3 is 5.32 Å². The molecular weight excluding hydrogens is 335 g/mol. The Balaban J connectivity index is 1.96. The van der Waals surface area contributed by atoms with E-state index in [1.807, 2.05) is 0 Å². The molecule has 0 fully saturated rings. The molecule has 3 aromatic rings. The lowest BCUT2D eigenvalue weighted by atomic mass is 10.1. The van der Waals surface area contributed by atoms with Crippen molar-refractivity contribution in [2.75, 3.05) is 11.9 Å². The molecule has 0 aliphatic rings. The van der Waals surface area contributed by atoms with Gasteiger partial charge in [-0.3, -0.25) is 5.32 Å². The van der Waals surface area contributed by atoms with Crippen LogP contribution in [0.3, 0.4) is 0 Å². The van der Waals surface area contributed by atoms with Gasteiger partial charge in [0.1, 0.15) is 0 Å². The summed E-state index contributed by atoms with van der Waals surface area (Å²) in [5.41, 5.74) is 0.848. The summed E-state index contributed by atoms with van der Waals surface area (Å²) in [6, 6.07) is 7.58. The average Bonchev–Trinajstić information content (AvgIpc) is 2.96. The molecule has 3 rings (SSSR count). The van der Waals surface area contributed by atoms with Crippen LogP contribution in [0.4, 0.5) is 23.8 Å². The molecule has 0 spiro atoms. The second-order valence-electron chi connectivity index (χ2n) is 5.19. The van der Waals surface area contributed by atoms with Gasteiger partial charge in [0.25, 0.3) is 0 Å². The van der Waals surface area contributed by atoms with Gasteiger partial charge in [-0.2, -0.15) is 13.2 Å². The molecule has 2 N–H and O–H groups in total. The molecule has 9 heteroatoms. The molecule has 0 bridgehead atoms. The van der Waals surface area contributed by atoms with Gasteiger partial charge >= 0.3 is 12.2 Å². The maximum absolute atomic E-state index is 12.7. The third-order valence-electron chi connectivity index (χ3n) is 3.44. The van der Waals surface area contributed by atoms with Crippen molar-refractivity contribution in [3.05, 3.63) is 48.2 Å². The van der Waals surface area contributed by atoms with Crippen molar-refractivity contribution in [1.29, 1.82) is 0 Å². The highest BCUT2D eigenvalue weighted by Gasteiger charge is 2.30. The molecule has 0 radical (unpaired) electrons. The van der Waals surface area contributed by atoms with Crippen molar-refractivity contribution in [2.45, 2.75) is 13.1 Å². The zero-order valence-corrected chi connectivity index (χ0v) is 13.1. The van der Waals surface area contributed by atoms with Crippen molar-refractivity contribution in [2.24, 2.45) is 0 Å². The fourth-order valence-electron chi connectivity index (χ4n) is 2.33. The Morgan fingerprint density at radius 2 is 1.92 bits per heavy atom. The number of carbonyl (C=O) groups excluding carboxylic acids is 1. The first-order valence-electron chi connectivity index (χ1n) is 7.46. The normalized spacial score (nSPS) is 11.5. The van der Waals surface area contributed by atoms with E-state index in [1.165, 1.54) is 22.8 Å². The van der Waals surface area contributed by atoms with E-state index in [9.17, 15) is 18.0 Å². The summed E-state index contributed by atoms with van der Waals surface area (Å²) < 4.78 is 39.5. The Hall–Kier alpha value is -3.10. The quantitative estimate of drug-likeness (QED) is 0.759. The van der Waals surface area contributed by atoms with Crippen molar-refractivity contribution in [3.63, 3.8) is 0 Å². The number of rotatable bonds is 3. The smallest absolute Gasteiger partial charge is 0.338 e. The predicted molar refractivity (Wildman–Crippen MR) is 86.1 cm³/mol. The minimum atomic E-state index is -4.39. The first-order chi connectivity index (χ1) is 11.9. The van der Waals surface area contributed by atoms with Crippen LogP contribution in [0.15, 0.2) is 42.6 Å². The van der Waals surface area contributed by atoms with Crippen molar-refractivity contribution < 1.29 is 18.0 Å². The highest BCUT2D eigenvalue weighted by molar-refractivity contribution is 5.88. The van der Waals surface area contributed by atoms with Crippen molar-refractivity contribution in [3.8, 4) is 11.3 Å². The minimum absolute atomic E-state index is 0.290. The molecule has 0 aliphatic heterocycles. The minimum Gasteiger partial charge on any atom is -0.338 e. The Kier molecular flexibility index (Phi) is 4.30. The Morgan fingerprint density at radius 1 is 1.20 bits per heavy atom. The summed E-state index contributed by atoms with van der Waals surface area (Å²) in [5, 5.41) is 9.39. The lowest BCUT2D eigenvalue weighted by molar-refractivity contribution is -0.137. The SMILES string of the molecule is CCNC(=O)Nc1cc2nccc(-c3ccc(C(F)(F)F)cc3)n2n1. The van der Waals surface area contributed by atoms with E-state index >= 15 is 0 Å². The molecular formula is C16H14F3N5O. The number of carbonyl (C=O) groups is 1. The number of benzene rings is 1. The van der Waals surface area contributed by atoms with Crippen LogP contribution >= 0.6 is 0 Å². The topological polar surface area (TPSA) is 71.3 Å². The number of amides is 2. The van der Waals surface area contributed by atoms with Gasteiger partial charge in [0.15, 0.2) is 11.5 Å². The van der Waals surface area contributed by atoms with Crippen molar-refractivity contribution in [1.82, 2.24) is 19.9 Å². The molecule has 2 amide bonds. The first kappa shape index (κ1) is 16.7. The van der Waals surface area contributed by atoms with Crippen LogP contribution in [-0.2, 0) is 6.18 Å². The Labute approximate surface area is 140 Å². The number of nitrogens with zero attached hydrogens (tertiary/aromatic N) is 3. The molecule has 0 aliphatic carbocycles. The number of alkyl halides is 3. The molecule has 1 aromatic carbocycles. The molecule has 6 nitrogen and oxygen atoms in total. The van der Waals surface area contributed by atoms with Gasteiger partial charge in [0.05, 0.1) is 11.3 Å². The average molecular weight is 349 g/mol. The van der Waals surface area contributed by atoms with E-state index in [4.69, 9.17) is 0 Å². The van der Waals surface area contributed by atoms with Crippen LogP contribution in [0.25, 0.3) is 16.9 Å².